The maximum atomic E-state index is 11.8. The van der Waals surface area contributed by atoms with E-state index >= 15 is 0 Å². The average molecular weight is 367 g/mol. The first-order valence-corrected chi connectivity index (χ1v) is 8.82. The minimum atomic E-state index is -0.406. The zero-order valence-corrected chi connectivity index (χ0v) is 14.7. The molecule has 0 aliphatic rings. The van der Waals surface area contributed by atoms with Gasteiger partial charge in [-0.15, -0.1) is 11.3 Å². The third kappa shape index (κ3) is 5.15. The highest BCUT2D eigenvalue weighted by Crippen LogP contribution is 2.20. The van der Waals surface area contributed by atoms with Crippen molar-refractivity contribution in [2.75, 3.05) is 13.2 Å². The number of hydrazone groups is 1. The van der Waals surface area contributed by atoms with Gasteiger partial charge in [0.05, 0.1) is 12.8 Å². The molecule has 2 aromatic carbocycles. The van der Waals surface area contributed by atoms with Gasteiger partial charge in [-0.2, -0.15) is 5.10 Å². The van der Waals surface area contributed by atoms with Gasteiger partial charge in [-0.05, 0) is 34.4 Å². The summed E-state index contributed by atoms with van der Waals surface area (Å²) in [7, 11) is 0. The van der Waals surface area contributed by atoms with Gasteiger partial charge in [0.15, 0.2) is 6.61 Å². The first-order chi connectivity index (χ1) is 12.7. The van der Waals surface area contributed by atoms with Gasteiger partial charge in [0.1, 0.15) is 5.75 Å². The van der Waals surface area contributed by atoms with Crippen LogP contribution < -0.4 is 15.5 Å². The lowest BCUT2D eigenvalue weighted by atomic mass is 10.1. The largest absolute Gasteiger partial charge is 0.484 e. The van der Waals surface area contributed by atoms with Crippen molar-refractivity contribution in [1.82, 2.24) is 10.7 Å². The third-order valence-corrected chi connectivity index (χ3v) is 4.27. The number of nitrogens with one attached hydrogen (secondary N) is 2. The summed E-state index contributed by atoms with van der Waals surface area (Å²) in [4.78, 5) is 24.3. The summed E-state index contributed by atoms with van der Waals surface area (Å²) < 4.78 is 5.47. The second kappa shape index (κ2) is 8.77. The Bertz CT molecular complexity index is 923. The number of hydrogen-bond acceptors (Lipinski definition) is 5. The van der Waals surface area contributed by atoms with Gasteiger partial charge < -0.3 is 10.1 Å². The zero-order valence-electron chi connectivity index (χ0n) is 13.8. The molecule has 132 valence electrons. The number of fused-ring (bicyclic) bond motifs is 1. The summed E-state index contributed by atoms with van der Waals surface area (Å²) in [6.07, 6.45) is 1.55. The maximum absolute atomic E-state index is 11.8. The Morgan fingerprint density at radius 2 is 1.88 bits per heavy atom. The molecular formula is C19H17N3O3S. The Kier molecular flexibility index (Phi) is 5.95. The molecule has 0 spiro atoms. The van der Waals surface area contributed by atoms with Crippen LogP contribution in [0.3, 0.4) is 0 Å². The molecule has 0 aliphatic carbocycles. The molecule has 0 aliphatic heterocycles. The van der Waals surface area contributed by atoms with Crippen LogP contribution in [0.4, 0.5) is 0 Å². The lowest BCUT2D eigenvalue weighted by Crippen LogP contribution is -2.37. The molecule has 1 heterocycles. The quantitative estimate of drug-likeness (QED) is 0.497. The predicted molar refractivity (Wildman–Crippen MR) is 103 cm³/mol. The van der Waals surface area contributed by atoms with Crippen LogP contribution in [0, 0.1) is 0 Å². The van der Waals surface area contributed by atoms with Crippen LogP contribution in [-0.4, -0.2) is 31.2 Å². The lowest BCUT2D eigenvalue weighted by Gasteiger charge is -2.08. The van der Waals surface area contributed by atoms with E-state index in [9.17, 15) is 9.59 Å². The van der Waals surface area contributed by atoms with E-state index in [-0.39, 0.29) is 19.1 Å². The number of hydrogen-bond donors (Lipinski definition) is 2. The molecule has 0 atom stereocenters. The molecule has 1 aromatic heterocycles. The molecule has 0 saturated heterocycles. The molecule has 0 unspecified atom stereocenters. The van der Waals surface area contributed by atoms with E-state index in [0.717, 1.165) is 15.6 Å². The fourth-order valence-electron chi connectivity index (χ4n) is 2.21. The Balaban J connectivity index is 1.40. The summed E-state index contributed by atoms with van der Waals surface area (Å²) in [5.41, 5.74) is 2.35. The van der Waals surface area contributed by atoms with E-state index in [2.05, 4.69) is 15.8 Å². The number of amides is 2. The van der Waals surface area contributed by atoms with Crippen molar-refractivity contribution in [2.45, 2.75) is 0 Å². The highest BCUT2D eigenvalue weighted by Gasteiger charge is 2.06. The van der Waals surface area contributed by atoms with Gasteiger partial charge in [0, 0.05) is 4.88 Å². The number of rotatable bonds is 7. The Morgan fingerprint density at radius 1 is 1.04 bits per heavy atom. The van der Waals surface area contributed by atoms with Crippen molar-refractivity contribution < 1.29 is 14.3 Å². The zero-order chi connectivity index (χ0) is 18.2. The van der Waals surface area contributed by atoms with Crippen LogP contribution in [0.1, 0.15) is 4.88 Å². The fraction of sp³-hybridized carbons (Fsp3) is 0.105. The standard InChI is InChI=1S/C19H17N3O3S/c23-18(22-21-11-17-6-3-9-26-17)12-20-19(24)13-25-16-8-7-14-4-1-2-5-15(14)10-16/h1-11H,12-13H2,(H,20,24)(H,22,23). The van der Waals surface area contributed by atoms with Gasteiger partial charge in [-0.3, -0.25) is 9.59 Å². The molecule has 26 heavy (non-hydrogen) atoms. The molecule has 6 nitrogen and oxygen atoms in total. The van der Waals surface area contributed by atoms with Crippen molar-refractivity contribution in [2.24, 2.45) is 5.10 Å². The minimum Gasteiger partial charge on any atom is -0.484 e. The van der Waals surface area contributed by atoms with Crippen molar-refractivity contribution in [3.63, 3.8) is 0 Å². The normalized spacial score (nSPS) is 10.8. The molecule has 0 radical (unpaired) electrons. The van der Waals surface area contributed by atoms with E-state index in [1.54, 1.807) is 6.21 Å². The third-order valence-electron chi connectivity index (χ3n) is 3.46. The molecule has 2 N–H and O–H groups in total. The Morgan fingerprint density at radius 3 is 2.69 bits per heavy atom. The van der Waals surface area contributed by atoms with E-state index in [0.29, 0.717) is 5.75 Å². The molecule has 2 amide bonds. The minimum absolute atomic E-state index is 0.163. The maximum Gasteiger partial charge on any atom is 0.259 e. The molecule has 0 bridgehead atoms. The number of carbonyl (C=O) groups excluding carboxylic acids is 2. The molecule has 0 saturated carbocycles. The van der Waals surface area contributed by atoms with E-state index in [1.165, 1.54) is 11.3 Å². The summed E-state index contributed by atoms with van der Waals surface area (Å²) in [6, 6.07) is 17.3. The van der Waals surface area contributed by atoms with Crippen molar-refractivity contribution in [3.05, 3.63) is 64.9 Å². The topological polar surface area (TPSA) is 79.8 Å². The number of ether oxygens (including phenoxy) is 1. The lowest BCUT2D eigenvalue weighted by molar-refractivity contribution is -0.127. The first kappa shape index (κ1) is 17.6. The van der Waals surface area contributed by atoms with Crippen LogP contribution in [0.15, 0.2) is 65.1 Å². The predicted octanol–water partition coefficient (Wildman–Crippen LogP) is 2.55. The van der Waals surface area contributed by atoms with Crippen molar-refractivity contribution >= 4 is 40.1 Å². The summed E-state index contributed by atoms with van der Waals surface area (Å²) >= 11 is 1.51. The summed E-state index contributed by atoms with van der Waals surface area (Å²) in [5, 5.41) is 10.4. The average Bonchev–Trinajstić information content (AvgIpc) is 3.18. The van der Waals surface area contributed by atoms with E-state index < -0.39 is 5.91 Å². The van der Waals surface area contributed by atoms with Crippen LogP contribution in [0.2, 0.25) is 0 Å². The van der Waals surface area contributed by atoms with Crippen molar-refractivity contribution in [1.29, 1.82) is 0 Å². The molecule has 3 aromatic rings. The monoisotopic (exact) mass is 367 g/mol. The second-order valence-corrected chi connectivity index (χ2v) is 6.36. The Labute approximate surface area is 154 Å². The van der Waals surface area contributed by atoms with E-state index in [4.69, 9.17) is 4.74 Å². The highest BCUT2D eigenvalue weighted by molar-refractivity contribution is 7.11. The molecule has 7 heteroatoms. The Hall–Kier alpha value is -3.19. The molecular weight excluding hydrogens is 350 g/mol. The smallest absolute Gasteiger partial charge is 0.259 e. The number of benzene rings is 2. The second-order valence-electron chi connectivity index (χ2n) is 5.38. The van der Waals surface area contributed by atoms with Crippen LogP contribution >= 0.6 is 11.3 Å². The molecule has 3 rings (SSSR count). The summed E-state index contributed by atoms with van der Waals surface area (Å²) in [5.74, 6) is -0.184. The van der Waals surface area contributed by atoms with Gasteiger partial charge in [-0.1, -0.05) is 36.4 Å². The number of thiophene rings is 1. The highest BCUT2D eigenvalue weighted by atomic mass is 32.1. The number of nitrogens with zero attached hydrogens (tertiary/aromatic N) is 1. The van der Waals surface area contributed by atoms with E-state index in [1.807, 2.05) is 60.0 Å². The molecule has 0 fully saturated rings. The van der Waals surface area contributed by atoms with Gasteiger partial charge in [-0.25, -0.2) is 5.43 Å². The number of carbonyl (C=O) groups is 2. The fourth-order valence-corrected chi connectivity index (χ4v) is 2.79. The summed E-state index contributed by atoms with van der Waals surface area (Å²) in [6.45, 7) is -0.328. The first-order valence-electron chi connectivity index (χ1n) is 7.94. The van der Waals surface area contributed by atoms with Gasteiger partial charge >= 0.3 is 0 Å². The SMILES string of the molecule is O=C(COc1ccc2ccccc2c1)NCC(=O)NN=Cc1cccs1. The van der Waals surface area contributed by atoms with Crippen LogP contribution in [-0.2, 0) is 9.59 Å². The van der Waals surface area contributed by atoms with Crippen molar-refractivity contribution in [3.8, 4) is 5.75 Å². The van der Waals surface area contributed by atoms with Crippen LogP contribution in [0.5, 0.6) is 5.75 Å². The van der Waals surface area contributed by atoms with Gasteiger partial charge in [0.25, 0.3) is 11.8 Å². The van der Waals surface area contributed by atoms with Crippen LogP contribution in [0.25, 0.3) is 10.8 Å². The van der Waals surface area contributed by atoms with Gasteiger partial charge in [0.2, 0.25) is 0 Å².